The van der Waals surface area contributed by atoms with Crippen molar-refractivity contribution in [2.75, 3.05) is 7.11 Å². The summed E-state index contributed by atoms with van der Waals surface area (Å²) in [5.41, 5.74) is 1.75. The van der Waals surface area contributed by atoms with Gasteiger partial charge in [-0.25, -0.2) is 4.79 Å². The fourth-order valence-corrected chi connectivity index (χ4v) is 2.20. The van der Waals surface area contributed by atoms with Crippen LogP contribution < -0.4 is 5.32 Å². The van der Waals surface area contributed by atoms with Crippen molar-refractivity contribution in [3.8, 4) is 5.75 Å². The number of esters is 1. The number of ether oxygens (including phenoxy) is 1. The molecule has 0 bridgehead atoms. The zero-order valence-electron chi connectivity index (χ0n) is 12.1. The second kappa shape index (κ2) is 6.90. The lowest BCUT2D eigenvalue weighted by Crippen LogP contribution is -2.31. The van der Waals surface area contributed by atoms with Crippen LogP contribution in [-0.4, -0.2) is 18.2 Å². The average molecular weight is 285 g/mol. The van der Waals surface area contributed by atoms with Crippen LogP contribution in [0, 0.1) is 0 Å². The molecule has 0 spiro atoms. The van der Waals surface area contributed by atoms with Gasteiger partial charge in [-0.1, -0.05) is 42.5 Å². The Morgan fingerprint density at radius 1 is 1.10 bits per heavy atom. The van der Waals surface area contributed by atoms with Gasteiger partial charge >= 0.3 is 5.97 Å². The van der Waals surface area contributed by atoms with Crippen molar-refractivity contribution in [3.05, 3.63) is 65.7 Å². The molecule has 0 radical (unpaired) electrons. The van der Waals surface area contributed by atoms with Gasteiger partial charge < -0.3 is 9.84 Å². The molecule has 4 heteroatoms. The van der Waals surface area contributed by atoms with Crippen LogP contribution in [0.15, 0.2) is 54.6 Å². The van der Waals surface area contributed by atoms with E-state index >= 15 is 0 Å². The first kappa shape index (κ1) is 15.1. The molecule has 0 saturated carbocycles. The molecule has 2 unspecified atom stereocenters. The van der Waals surface area contributed by atoms with E-state index in [1.165, 1.54) is 7.11 Å². The quantitative estimate of drug-likeness (QED) is 0.829. The van der Waals surface area contributed by atoms with E-state index in [9.17, 15) is 9.90 Å². The standard InChI is InChI=1S/C17H19NO3/c1-12(14-9-6-10-15(19)11-14)18-16(17(20)21-2)13-7-4-3-5-8-13/h3-12,16,18-19H,1-2H3. The van der Waals surface area contributed by atoms with Gasteiger partial charge in [0.05, 0.1) is 7.11 Å². The summed E-state index contributed by atoms with van der Waals surface area (Å²) in [5, 5.41) is 12.8. The van der Waals surface area contributed by atoms with Crippen LogP contribution in [0.1, 0.15) is 30.1 Å². The van der Waals surface area contributed by atoms with Crippen molar-refractivity contribution in [2.45, 2.75) is 19.0 Å². The molecule has 0 aliphatic carbocycles. The largest absolute Gasteiger partial charge is 0.508 e. The van der Waals surface area contributed by atoms with Crippen molar-refractivity contribution in [1.29, 1.82) is 0 Å². The number of methoxy groups -OCH3 is 1. The van der Waals surface area contributed by atoms with E-state index in [0.29, 0.717) is 0 Å². The lowest BCUT2D eigenvalue weighted by atomic mass is 10.0. The summed E-state index contributed by atoms with van der Waals surface area (Å²) < 4.78 is 4.88. The Balaban J connectivity index is 2.21. The molecule has 4 nitrogen and oxygen atoms in total. The minimum atomic E-state index is -0.548. The third kappa shape index (κ3) is 3.83. The maximum atomic E-state index is 12.0. The van der Waals surface area contributed by atoms with Crippen molar-refractivity contribution in [3.63, 3.8) is 0 Å². The molecule has 0 aromatic heterocycles. The van der Waals surface area contributed by atoms with E-state index in [4.69, 9.17) is 4.74 Å². The average Bonchev–Trinajstić information content (AvgIpc) is 2.52. The van der Waals surface area contributed by atoms with Crippen LogP contribution in [0.5, 0.6) is 5.75 Å². The topological polar surface area (TPSA) is 58.6 Å². The first-order valence-electron chi connectivity index (χ1n) is 6.79. The van der Waals surface area contributed by atoms with Gasteiger partial charge in [0.1, 0.15) is 11.8 Å². The molecule has 0 saturated heterocycles. The highest BCUT2D eigenvalue weighted by Gasteiger charge is 2.23. The van der Waals surface area contributed by atoms with Crippen molar-refractivity contribution in [2.24, 2.45) is 0 Å². The highest BCUT2D eigenvalue weighted by molar-refractivity contribution is 5.77. The molecule has 0 aliphatic heterocycles. The van der Waals surface area contributed by atoms with E-state index in [1.807, 2.05) is 43.3 Å². The summed E-state index contributed by atoms with van der Waals surface area (Å²) >= 11 is 0. The van der Waals surface area contributed by atoms with Gasteiger partial charge in [0, 0.05) is 6.04 Å². The second-order valence-electron chi connectivity index (χ2n) is 4.85. The number of phenolic OH excluding ortho intramolecular Hbond substituents is 1. The maximum absolute atomic E-state index is 12.0. The molecule has 21 heavy (non-hydrogen) atoms. The van der Waals surface area contributed by atoms with Gasteiger partial charge in [-0.05, 0) is 30.2 Å². The maximum Gasteiger partial charge on any atom is 0.327 e. The summed E-state index contributed by atoms with van der Waals surface area (Å²) in [6, 6.07) is 15.7. The summed E-state index contributed by atoms with van der Waals surface area (Å²) in [6.07, 6.45) is 0. The Morgan fingerprint density at radius 3 is 2.38 bits per heavy atom. The van der Waals surface area contributed by atoms with Crippen LogP contribution >= 0.6 is 0 Å². The number of hydrogen-bond donors (Lipinski definition) is 2. The van der Waals surface area contributed by atoms with Gasteiger partial charge in [0.2, 0.25) is 0 Å². The smallest absolute Gasteiger partial charge is 0.327 e. The molecule has 0 aliphatic rings. The fourth-order valence-electron chi connectivity index (χ4n) is 2.20. The van der Waals surface area contributed by atoms with Crippen molar-refractivity contribution >= 4 is 5.97 Å². The van der Waals surface area contributed by atoms with Crippen LogP contribution in [-0.2, 0) is 9.53 Å². The van der Waals surface area contributed by atoms with E-state index in [1.54, 1.807) is 18.2 Å². The van der Waals surface area contributed by atoms with Crippen LogP contribution in [0.25, 0.3) is 0 Å². The summed E-state index contributed by atoms with van der Waals surface area (Å²) in [5.74, 6) is -0.135. The van der Waals surface area contributed by atoms with E-state index in [0.717, 1.165) is 11.1 Å². The Labute approximate surface area is 124 Å². The lowest BCUT2D eigenvalue weighted by molar-refractivity contribution is -0.143. The third-order valence-corrected chi connectivity index (χ3v) is 3.36. The van der Waals surface area contributed by atoms with Crippen LogP contribution in [0.3, 0.4) is 0 Å². The van der Waals surface area contributed by atoms with Crippen LogP contribution in [0.4, 0.5) is 0 Å². The van der Waals surface area contributed by atoms with E-state index in [2.05, 4.69) is 5.32 Å². The number of carbonyl (C=O) groups excluding carboxylic acids is 1. The van der Waals surface area contributed by atoms with Gasteiger partial charge in [0.15, 0.2) is 0 Å². The van der Waals surface area contributed by atoms with Crippen LogP contribution in [0.2, 0.25) is 0 Å². The second-order valence-corrected chi connectivity index (χ2v) is 4.85. The predicted octanol–water partition coefficient (Wildman–Crippen LogP) is 2.96. The minimum Gasteiger partial charge on any atom is -0.508 e. The van der Waals surface area contributed by atoms with Gasteiger partial charge in [-0.15, -0.1) is 0 Å². The number of aromatic hydroxyl groups is 1. The fraction of sp³-hybridized carbons (Fsp3) is 0.235. The molecule has 0 fully saturated rings. The van der Waals surface area contributed by atoms with E-state index < -0.39 is 6.04 Å². The monoisotopic (exact) mass is 285 g/mol. The SMILES string of the molecule is COC(=O)C(NC(C)c1cccc(O)c1)c1ccccc1. The van der Waals surface area contributed by atoms with Gasteiger partial charge in [-0.2, -0.15) is 0 Å². The van der Waals surface area contributed by atoms with E-state index in [-0.39, 0.29) is 17.8 Å². The number of nitrogens with one attached hydrogen (secondary N) is 1. The zero-order chi connectivity index (χ0) is 15.2. The Morgan fingerprint density at radius 2 is 1.76 bits per heavy atom. The highest BCUT2D eigenvalue weighted by Crippen LogP contribution is 2.22. The molecule has 2 N–H and O–H groups in total. The molecule has 2 aromatic carbocycles. The molecule has 0 heterocycles. The number of benzene rings is 2. The minimum absolute atomic E-state index is 0.110. The molecule has 110 valence electrons. The molecule has 2 atom stereocenters. The first-order chi connectivity index (χ1) is 10.1. The predicted molar refractivity (Wildman–Crippen MR) is 80.9 cm³/mol. The molecule has 0 amide bonds. The molecular weight excluding hydrogens is 266 g/mol. The van der Waals surface area contributed by atoms with Gasteiger partial charge in [0.25, 0.3) is 0 Å². The van der Waals surface area contributed by atoms with Gasteiger partial charge in [-0.3, -0.25) is 5.32 Å². The Kier molecular flexibility index (Phi) is 4.95. The lowest BCUT2D eigenvalue weighted by Gasteiger charge is -2.22. The summed E-state index contributed by atoms with van der Waals surface area (Å²) in [6.45, 7) is 1.94. The zero-order valence-corrected chi connectivity index (χ0v) is 12.1. The number of phenols is 1. The Bertz CT molecular complexity index is 598. The summed E-state index contributed by atoms with van der Waals surface area (Å²) in [7, 11) is 1.37. The number of rotatable bonds is 5. The molecule has 2 aromatic rings. The highest BCUT2D eigenvalue weighted by atomic mass is 16.5. The Hall–Kier alpha value is -2.33. The molecular formula is C17H19NO3. The van der Waals surface area contributed by atoms with Crippen molar-refractivity contribution in [1.82, 2.24) is 5.32 Å². The molecule has 2 rings (SSSR count). The first-order valence-corrected chi connectivity index (χ1v) is 6.79. The summed E-state index contributed by atoms with van der Waals surface area (Å²) in [4.78, 5) is 12.0. The number of carbonyl (C=O) groups is 1. The third-order valence-electron chi connectivity index (χ3n) is 3.36. The normalized spacial score (nSPS) is 13.4. The number of hydrogen-bond acceptors (Lipinski definition) is 4. The van der Waals surface area contributed by atoms with Crippen molar-refractivity contribution < 1.29 is 14.6 Å².